The van der Waals surface area contributed by atoms with E-state index in [4.69, 9.17) is 4.42 Å². The summed E-state index contributed by atoms with van der Waals surface area (Å²) in [6.45, 7) is 1.98. The van der Waals surface area contributed by atoms with Crippen LogP contribution >= 0.6 is 15.9 Å². The Balaban J connectivity index is 2.39. The fourth-order valence-corrected chi connectivity index (χ4v) is 1.75. The number of fused-ring (bicyclic) bond motifs is 1. The molecule has 0 saturated carbocycles. The van der Waals surface area contributed by atoms with Gasteiger partial charge in [0.2, 0.25) is 0 Å². The first-order valence-corrected chi connectivity index (χ1v) is 5.79. The highest BCUT2D eigenvalue weighted by Gasteiger charge is 2.15. The second kappa shape index (κ2) is 4.19. The van der Waals surface area contributed by atoms with Crippen LogP contribution < -0.4 is 0 Å². The highest BCUT2D eigenvalue weighted by Crippen LogP contribution is 2.20. The molecular weight excluding hydrogens is 256 g/mol. The number of carbonyl (C=O) groups is 1. The Hall–Kier alpha value is -1.09. The van der Waals surface area contributed by atoms with Gasteiger partial charge in [0, 0.05) is 10.9 Å². The van der Waals surface area contributed by atoms with E-state index in [1.165, 1.54) is 0 Å². The molecule has 78 valence electrons. The minimum Gasteiger partial charge on any atom is -0.464 e. The van der Waals surface area contributed by atoms with Gasteiger partial charge in [-0.3, -0.25) is 4.79 Å². The number of ketones is 1. The lowest BCUT2D eigenvalue weighted by Gasteiger charge is -2.05. The number of halogens is 1. The molecule has 1 aromatic carbocycles. The molecular formula is C12H11BrO2. The second-order valence-electron chi connectivity index (χ2n) is 3.41. The Morgan fingerprint density at radius 1 is 1.47 bits per heavy atom. The minimum absolute atomic E-state index is 0.0955. The van der Waals surface area contributed by atoms with Crippen LogP contribution in [0.4, 0.5) is 0 Å². The number of carbonyl (C=O) groups excluding carboxylic acids is 1. The van der Waals surface area contributed by atoms with E-state index in [0.29, 0.717) is 0 Å². The first kappa shape index (κ1) is 10.4. The van der Waals surface area contributed by atoms with Crippen molar-refractivity contribution < 1.29 is 9.21 Å². The van der Waals surface area contributed by atoms with Gasteiger partial charge in [0.15, 0.2) is 5.78 Å². The van der Waals surface area contributed by atoms with Crippen LogP contribution in [0.15, 0.2) is 34.9 Å². The summed E-state index contributed by atoms with van der Waals surface area (Å²) < 4.78 is 5.22. The maximum absolute atomic E-state index is 11.9. The maximum Gasteiger partial charge on any atom is 0.176 e. The molecule has 1 atom stereocenters. The summed E-state index contributed by atoms with van der Waals surface area (Å²) in [6.07, 6.45) is 2.42. The molecule has 2 rings (SSSR count). The molecule has 1 heterocycles. The van der Waals surface area contributed by atoms with Crippen LogP contribution in [0.25, 0.3) is 11.0 Å². The van der Waals surface area contributed by atoms with Crippen molar-refractivity contribution in [2.75, 3.05) is 0 Å². The molecule has 1 unspecified atom stereocenters. The molecule has 0 spiro atoms. The van der Waals surface area contributed by atoms with Gasteiger partial charge in [0.25, 0.3) is 0 Å². The standard InChI is InChI=1S/C12H11BrO2/c1-2-10(13)12(14)9-3-4-11-8(7-9)5-6-15-11/h3-7,10H,2H2,1H3. The Morgan fingerprint density at radius 2 is 2.27 bits per heavy atom. The Morgan fingerprint density at radius 3 is 3.00 bits per heavy atom. The average molecular weight is 267 g/mol. The van der Waals surface area contributed by atoms with E-state index in [-0.39, 0.29) is 10.6 Å². The van der Waals surface area contributed by atoms with Crippen molar-refractivity contribution in [1.29, 1.82) is 0 Å². The Kier molecular flexibility index (Phi) is 2.91. The van der Waals surface area contributed by atoms with Crippen molar-refractivity contribution in [1.82, 2.24) is 0 Å². The molecule has 3 heteroatoms. The molecule has 0 saturated heterocycles. The number of hydrogen-bond donors (Lipinski definition) is 0. The van der Waals surface area contributed by atoms with Crippen LogP contribution in [-0.4, -0.2) is 10.6 Å². The summed E-state index contributed by atoms with van der Waals surface area (Å²) in [5, 5.41) is 0.969. The van der Waals surface area contributed by atoms with E-state index < -0.39 is 0 Å². The summed E-state index contributed by atoms with van der Waals surface area (Å²) in [6, 6.07) is 7.36. The summed E-state index contributed by atoms with van der Waals surface area (Å²) >= 11 is 3.36. The molecule has 2 aromatic rings. The smallest absolute Gasteiger partial charge is 0.176 e. The quantitative estimate of drug-likeness (QED) is 0.625. The number of alkyl halides is 1. The molecule has 0 aliphatic heterocycles. The monoisotopic (exact) mass is 266 g/mol. The molecule has 0 aliphatic carbocycles. The molecule has 0 bridgehead atoms. The van der Waals surface area contributed by atoms with Gasteiger partial charge in [0.1, 0.15) is 5.58 Å². The molecule has 0 fully saturated rings. The Labute approximate surface area is 96.4 Å². The van der Waals surface area contributed by atoms with Crippen LogP contribution in [0.5, 0.6) is 0 Å². The van der Waals surface area contributed by atoms with E-state index >= 15 is 0 Å². The van der Waals surface area contributed by atoms with Crippen molar-refractivity contribution in [2.45, 2.75) is 18.2 Å². The summed E-state index contributed by atoms with van der Waals surface area (Å²) in [5.74, 6) is 0.126. The highest BCUT2D eigenvalue weighted by atomic mass is 79.9. The van der Waals surface area contributed by atoms with E-state index in [9.17, 15) is 4.79 Å². The molecule has 0 radical (unpaired) electrons. The lowest BCUT2D eigenvalue weighted by molar-refractivity contribution is 0.0990. The van der Waals surface area contributed by atoms with Crippen LogP contribution in [0.3, 0.4) is 0 Å². The van der Waals surface area contributed by atoms with Crippen LogP contribution in [0.1, 0.15) is 23.7 Å². The molecule has 0 aliphatic rings. The number of Topliss-reactive ketones (excluding diaryl/α,β-unsaturated/α-hetero) is 1. The van der Waals surface area contributed by atoms with Gasteiger partial charge in [0.05, 0.1) is 11.1 Å². The van der Waals surface area contributed by atoms with E-state index in [0.717, 1.165) is 23.0 Å². The van der Waals surface area contributed by atoms with E-state index in [1.807, 2.05) is 25.1 Å². The average Bonchev–Trinajstić information content (AvgIpc) is 2.73. The van der Waals surface area contributed by atoms with Crippen molar-refractivity contribution in [3.8, 4) is 0 Å². The van der Waals surface area contributed by atoms with E-state index in [2.05, 4.69) is 15.9 Å². The third-order valence-corrected chi connectivity index (χ3v) is 3.44. The van der Waals surface area contributed by atoms with Crippen LogP contribution in [-0.2, 0) is 0 Å². The van der Waals surface area contributed by atoms with Gasteiger partial charge in [-0.25, -0.2) is 0 Å². The predicted octanol–water partition coefficient (Wildman–Crippen LogP) is 3.79. The van der Waals surface area contributed by atoms with Gasteiger partial charge in [-0.2, -0.15) is 0 Å². The van der Waals surface area contributed by atoms with Gasteiger partial charge in [-0.05, 0) is 30.7 Å². The number of benzene rings is 1. The number of rotatable bonds is 3. The summed E-state index contributed by atoms with van der Waals surface area (Å²) in [7, 11) is 0. The zero-order valence-corrected chi connectivity index (χ0v) is 9.95. The zero-order chi connectivity index (χ0) is 10.8. The molecule has 0 amide bonds. The van der Waals surface area contributed by atoms with Crippen molar-refractivity contribution >= 4 is 32.7 Å². The van der Waals surface area contributed by atoms with Crippen molar-refractivity contribution in [3.63, 3.8) is 0 Å². The largest absolute Gasteiger partial charge is 0.464 e. The van der Waals surface area contributed by atoms with Gasteiger partial charge < -0.3 is 4.42 Å². The summed E-state index contributed by atoms with van der Waals surface area (Å²) in [4.78, 5) is 11.8. The summed E-state index contributed by atoms with van der Waals surface area (Å²) in [5.41, 5.74) is 1.54. The topological polar surface area (TPSA) is 30.2 Å². The Bertz CT molecular complexity index is 487. The van der Waals surface area contributed by atoms with Gasteiger partial charge >= 0.3 is 0 Å². The van der Waals surface area contributed by atoms with Crippen molar-refractivity contribution in [3.05, 3.63) is 36.1 Å². The predicted molar refractivity (Wildman–Crippen MR) is 63.6 cm³/mol. The fraction of sp³-hybridized carbons (Fsp3) is 0.250. The first-order chi connectivity index (χ1) is 7.22. The lowest BCUT2D eigenvalue weighted by Crippen LogP contribution is -2.12. The SMILES string of the molecule is CCC(Br)C(=O)c1ccc2occc2c1. The van der Waals surface area contributed by atoms with Gasteiger partial charge in [-0.15, -0.1) is 0 Å². The number of furan rings is 1. The zero-order valence-electron chi connectivity index (χ0n) is 8.37. The van der Waals surface area contributed by atoms with Gasteiger partial charge in [-0.1, -0.05) is 22.9 Å². The molecule has 2 nitrogen and oxygen atoms in total. The molecule has 15 heavy (non-hydrogen) atoms. The highest BCUT2D eigenvalue weighted by molar-refractivity contribution is 9.10. The second-order valence-corrected chi connectivity index (χ2v) is 4.52. The van der Waals surface area contributed by atoms with Crippen LogP contribution in [0.2, 0.25) is 0 Å². The first-order valence-electron chi connectivity index (χ1n) is 4.88. The number of hydrogen-bond acceptors (Lipinski definition) is 2. The third-order valence-electron chi connectivity index (χ3n) is 2.38. The fourth-order valence-electron chi connectivity index (χ4n) is 1.49. The molecule has 1 aromatic heterocycles. The normalized spacial score (nSPS) is 12.9. The third kappa shape index (κ3) is 1.97. The molecule has 0 N–H and O–H groups in total. The van der Waals surface area contributed by atoms with Crippen LogP contribution in [0, 0.1) is 0 Å². The minimum atomic E-state index is -0.0955. The van der Waals surface area contributed by atoms with E-state index in [1.54, 1.807) is 12.3 Å². The lowest BCUT2D eigenvalue weighted by atomic mass is 10.1. The van der Waals surface area contributed by atoms with Crippen molar-refractivity contribution in [2.24, 2.45) is 0 Å². The maximum atomic E-state index is 11.9.